The summed E-state index contributed by atoms with van der Waals surface area (Å²) in [7, 11) is 0. The molecule has 1 heterocycles. The molecule has 0 amide bonds. The summed E-state index contributed by atoms with van der Waals surface area (Å²) in [6.45, 7) is 0. The van der Waals surface area contributed by atoms with Gasteiger partial charge in [0.15, 0.2) is 0 Å². The van der Waals surface area contributed by atoms with Gasteiger partial charge in [-0.2, -0.15) is 0 Å². The van der Waals surface area contributed by atoms with Gasteiger partial charge in [-0.05, 0) is 104 Å². The van der Waals surface area contributed by atoms with Gasteiger partial charge >= 0.3 is 0 Å². The Bertz CT molecular complexity index is 4580. The third kappa shape index (κ3) is 5.91. The van der Waals surface area contributed by atoms with Crippen LogP contribution in [0.2, 0.25) is 0 Å². The van der Waals surface area contributed by atoms with Gasteiger partial charge in [0.05, 0.1) is 38.6 Å². The molecule has 11 rings (SSSR count). The summed E-state index contributed by atoms with van der Waals surface area (Å²) in [4.78, 5) is 0.959. The lowest BCUT2D eigenvalue weighted by Gasteiger charge is -2.28. The summed E-state index contributed by atoms with van der Waals surface area (Å²) in [5.74, 6) is 0. The Hall–Kier alpha value is -7.68. The van der Waals surface area contributed by atoms with Crippen molar-refractivity contribution in [3.8, 4) is 44.5 Å². The van der Waals surface area contributed by atoms with Crippen LogP contribution in [0.5, 0.6) is 0 Å². The number of rotatable bonds is 7. The fraction of sp³-hybridized carbons (Fsp3) is 0. The molecular weight excluding hydrogens is 703 g/mol. The minimum absolute atomic E-state index is 0.0674. The molecule has 0 saturated carbocycles. The number of hydrogen-bond acceptors (Lipinski definition) is 2. The molecule has 11 aromatic rings. The van der Waals surface area contributed by atoms with Crippen LogP contribution >= 0.6 is 0 Å². The molecule has 1 aromatic heterocycles. The summed E-state index contributed by atoms with van der Waals surface area (Å²) in [5, 5.41) is 2.06. The molecule has 0 aliphatic carbocycles. The zero-order valence-corrected chi connectivity index (χ0v) is 29.9. The molecule has 2 heteroatoms. The minimum atomic E-state index is -0.988. The summed E-state index contributed by atoms with van der Waals surface area (Å²) < 4.78 is 223. The van der Waals surface area contributed by atoms with E-state index in [2.05, 4.69) is 0 Å². The van der Waals surface area contributed by atoms with Crippen molar-refractivity contribution >= 4 is 60.5 Å². The number of nitrogens with zero attached hydrogens (tertiary/aromatic N) is 1. The Morgan fingerprint density at radius 3 is 1.76 bits per heavy atom. The standard InChI is InChI=1S/C56H37NO/c1-2-11-38(12-3-1)39-21-23-40(24-22-39)41-25-31-46(32-26-41)57(47-33-27-44(28-34-47)49-19-10-15-42-13-4-6-16-48(42)49)54-20-9-8-17-50(54)45-30-36-55-53(37-45)52-35-29-43-14-5-7-18-51(43)56(52)58-55/h1-37H/i1D,2D,3D,4D,6D,10D,11D,12D,13D,15D,16D,19D,21D,22D,23D,24D,25D,26D,27D,28D,31D,32D,33D,34D. The Balaban J connectivity index is 1.21. The van der Waals surface area contributed by atoms with E-state index < -0.39 is 201 Å². The average molecular weight is 764 g/mol. The Labute approximate surface area is 371 Å². The first kappa shape index (κ1) is 17.2. The van der Waals surface area contributed by atoms with Gasteiger partial charge in [-0.15, -0.1) is 0 Å². The minimum Gasteiger partial charge on any atom is -0.455 e. The largest absolute Gasteiger partial charge is 0.455 e. The highest BCUT2D eigenvalue weighted by Gasteiger charge is 2.19. The second-order valence-electron chi connectivity index (χ2n) is 13.0. The monoisotopic (exact) mass is 763 g/mol. The van der Waals surface area contributed by atoms with Crippen LogP contribution in [0.1, 0.15) is 32.9 Å². The third-order valence-electron chi connectivity index (χ3n) is 9.68. The molecule has 10 aromatic carbocycles. The van der Waals surface area contributed by atoms with Gasteiger partial charge in [0.1, 0.15) is 11.2 Å². The summed E-state index contributed by atoms with van der Waals surface area (Å²) in [5.41, 5.74) is -3.99. The first-order valence-corrected chi connectivity index (χ1v) is 17.9. The van der Waals surface area contributed by atoms with Gasteiger partial charge in [0.2, 0.25) is 0 Å². The van der Waals surface area contributed by atoms with Gasteiger partial charge in [0, 0.05) is 33.1 Å². The van der Waals surface area contributed by atoms with E-state index in [1.54, 1.807) is 30.3 Å². The third-order valence-corrected chi connectivity index (χ3v) is 9.68. The molecule has 2 nitrogen and oxygen atoms in total. The molecule has 0 atom stereocenters. The van der Waals surface area contributed by atoms with Gasteiger partial charge in [0.25, 0.3) is 0 Å². The smallest absolute Gasteiger partial charge is 0.143 e. The molecule has 0 aliphatic rings. The van der Waals surface area contributed by atoms with Crippen LogP contribution in [0.15, 0.2) is 228 Å². The maximum Gasteiger partial charge on any atom is 0.143 e. The predicted octanol–water partition coefficient (Wildman–Crippen LogP) is 16.0. The number of fused-ring (bicyclic) bond motifs is 6. The van der Waals surface area contributed by atoms with E-state index in [9.17, 15) is 11.0 Å². The second kappa shape index (κ2) is 14.1. The van der Waals surface area contributed by atoms with E-state index in [0.717, 1.165) is 21.1 Å². The maximum absolute atomic E-state index is 9.80. The Morgan fingerprint density at radius 1 is 0.362 bits per heavy atom. The van der Waals surface area contributed by atoms with E-state index in [1.165, 1.54) is 12.1 Å². The highest BCUT2D eigenvalue weighted by molar-refractivity contribution is 6.15. The molecule has 0 fully saturated rings. The van der Waals surface area contributed by atoms with Crippen LogP contribution in [0, 0.1) is 0 Å². The molecule has 0 N–H and O–H groups in total. The lowest BCUT2D eigenvalue weighted by molar-refractivity contribution is 0.672. The summed E-state index contributed by atoms with van der Waals surface area (Å²) in [6.07, 6.45) is 0. The van der Waals surface area contributed by atoms with Crippen molar-refractivity contribution in [3.05, 3.63) is 224 Å². The number of hydrogen-bond donors (Lipinski definition) is 0. The van der Waals surface area contributed by atoms with Crippen molar-refractivity contribution in [1.29, 1.82) is 0 Å². The first-order valence-electron chi connectivity index (χ1n) is 29.9. The molecule has 0 radical (unpaired) electrons. The molecule has 0 bridgehead atoms. The van der Waals surface area contributed by atoms with Crippen LogP contribution in [0.3, 0.4) is 0 Å². The van der Waals surface area contributed by atoms with Crippen LogP contribution in [-0.2, 0) is 0 Å². The molecule has 58 heavy (non-hydrogen) atoms. The normalized spacial score (nSPS) is 17.2. The molecule has 0 saturated heterocycles. The van der Waals surface area contributed by atoms with Crippen LogP contribution in [0.25, 0.3) is 88.0 Å². The second-order valence-corrected chi connectivity index (χ2v) is 13.0. The van der Waals surface area contributed by atoms with Crippen LogP contribution in [0.4, 0.5) is 17.1 Å². The van der Waals surface area contributed by atoms with Crippen molar-refractivity contribution in [3.63, 3.8) is 0 Å². The molecule has 0 spiro atoms. The van der Waals surface area contributed by atoms with E-state index in [1.807, 2.05) is 36.4 Å². The van der Waals surface area contributed by atoms with Crippen LogP contribution < -0.4 is 4.90 Å². The SMILES string of the molecule is [2H]c1c([2H])c([2H])c(-c2c([2H])c([2H])c(-c3c([2H])c([2H])c(N(c4ccccc4-c4ccc5oc6c7ccccc7ccc6c5c4)c4c([2H])c([2H])c(-c5c([2H])c([2H])c([2H])c6c([2H])c([2H])c([2H])c([2H])c56)c([2H])c4[2H])c([2H])c3[2H])c([2H])c2[2H])c([2H])c1[2H]. The molecule has 0 aliphatic heterocycles. The molecule has 272 valence electrons. The van der Waals surface area contributed by atoms with Gasteiger partial charge in [-0.3, -0.25) is 0 Å². The summed E-state index contributed by atoms with van der Waals surface area (Å²) >= 11 is 0. The van der Waals surface area contributed by atoms with E-state index >= 15 is 0 Å². The summed E-state index contributed by atoms with van der Waals surface area (Å²) in [6, 6.07) is 1.55. The highest BCUT2D eigenvalue weighted by Crippen LogP contribution is 2.44. The van der Waals surface area contributed by atoms with E-state index in [-0.39, 0.29) is 11.3 Å². The van der Waals surface area contributed by atoms with Crippen LogP contribution in [-0.4, -0.2) is 0 Å². The fourth-order valence-electron chi connectivity index (χ4n) is 6.96. The first-order chi connectivity index (χ1) is 38.8. The molecular formula is C56H37NO. The lowest BCUT2D eigenvalue weighted by Crippen LogP contribution is -2.11. The highest BCUT2D eigenvalue weighted by atomic mass is 16.3. The van der Waals surface area contributed by atoms with Crippen molar-refractivity contribution in [2.75, 3.05) is 4.90 Å². The van der Waals surface area contributed by atoms with Gasteiger partial charge < -0.3 is 9.32 Å². The zero-order valence-electron chi connectivity index (χ0n) is 53.9. The predicted molar refractivity (Wildman–Crippen MR) is 245 cm³/mol. The lowest BCUT2D eigenvalue weighted by atomic mass is 9.97. The fourth-order valence-corrected chi connectivity index (χ4v) is 6.96. The topological polar surface area (TPSA) is 16.4 Å². The quantitative estimate of drug-likeness (QED) is 0.161. The average Bonchev–Trinajstić information content (AvgIpc) is 2.76. The van der Waals surface area contributed by atoms with Gasteiger partial charge in [-0.1, -0.05) is 175 Å². The van der Waals surface area contributed by atoms with Gasteiger partial charge in [-0.25, -0.2) is 0 Å². The zero-order chi connectivity index (χ0) is 59.3. The van der Waals surface area contributed by atoms with Crippen molar-refractivity contribution < 1.29 is 37.3 Å². The van der Waals surface area contributed by atoms with E-state index in [0.29, 0.717) is 22.1 Å². The van der Waals surface area contributed by atoms with Crippen molar-refractivity contribution in [1.82, 2.24) is 0 Å². The number of furan rings is 1. The van der Waals surface area contributed by atoms with Crippen molar-refractivity contribution in [2.24, 2.45) is 0 Å². The van der Waals surface area contributed by atoms with E-state index in [4.69, 9.17) is 26.3 Å². The number of para-hydroxylation sites is 1. The number of anilines is 3. The molecule has 0 unspecified atom stereocenters. The number of benzene rings is 10. The Kier molecular flexibility index (Phi) is 4.19. The maximum atomic E-state index is 9.80. The van der Waals surface area contributed by atoms with Crippen molar-refractivity contribution in [2.45, 2.75) is 0 Å². The Morgan fingerprint density at radius 2 is 0.983 bits per heavy atom.